The smallest absolute Gasteiger partial charge is 0.283 e. The van der Waals surface area contributed by atoms with Crippen LogP contribution in [0.25, 0.3) is 17.0 Å². The number of aromatic nitrogens is 1. The SMILES string of the molecule is N=C1/C(=C\c2cn(Cc3ccc(F)cc3)c3ccccc23)C(=O)N=C2SC(C3CCCCC3)=NN12. The molecular weight excluding hydrogens is 461 g/mol. The molecule has 176 valence electrons. The van der Waals surface area contributed by atoms with E-state index >= 15 is 0 Å². The highest BCUT2D eigenvalue weighted by Gasteiger charge is 2.38. The van der Waals surface area contributed by atoms with E-state index in [0.29, 0.717) is 17.6 Å². The molecule has 35 heavy (non-hydrogen) atoms. The van der Waals surface area contributed by atoms with Gasteiger partial charge in [-0.2, -0.15) is 15.1 Å². The second-order valence-corrected chi connectivity index (χ2v) is 10.1. The number of fused-ring (bicyclic) bond motifs is 2. The van der Waals surface area contributed by atoms with E-state index in [1.54, 1.807) is 18.2 Å². The Morgan fingerprint density at radius 2 is 1.86 bits per heavy atom. The summed E-state index contributed by atoms with van der Waals surface area (Å²) in [4.78, 5) is 17.3. The van der Waals surface area contributed by atoms with Crippen molar-refractivity contribution in [2.75, 3.05) is 0 Å². The first kappa shape index (κ1) is 22.0. The van der Waals surface area contributed by atoms with Gasteiger partial charge in [-0.05, 0) is 54.4 Å². The molecule has 2 aromatic carbocycles. The number of amidine groups is 2. The molecule has 1 amide bonds. The number of hydrazone groups is 1. The lowest BCUT2D eigenvalue weighted by atomic mass is 9.90. The first-order valence-electron chi connectivity index (χ1n) is 11.9. The molecule has 1 N–H and O–H groups in total. The maximum Gasteiger partial charge on any atom is 0.283 e. The summed E-state index contributed by atoms with van der Waals surface area (Å²) in [6, 6.07) is 14.4. The predicted molar refractivity (Wildman–Crippen MR) is 139 cm³/mol. The summed E-state index contributed by atoms with van der Waals surface area (Å²) >= 11 is 1.43. The van der Waals surface area contributed by atoms with Crippen molar-refractivity contribution in [3.8, 4) is 0 Å². The first-order chi connectivity index (χ1) is 17.1. The van der Waals surface area contributed by atoms with Crippen LogP contribution in [-0.4, -0.2) is 31.5 Å². The van der Waals surface area contributed by atoms with E-state index in [0.717, 1.165) is 39.9 Å². The quantitative estimate of drug-likeness (QED) is 0.459. The number of benzene rings is 2. The number of rotatable bonds is 4. The lowest BCUT2D eigenvalue weighted by Gasteiger charge is -2.20. The van der Waals surface area contributed by atoms with Gasteiger partial charge in [-0.1, -0.05) is 49.6 Å². The van der Waals surface area contributed by atoms with Crippen molar-refractivity contribution in [1.29, 1.82) is 5.41 Å². The Bertz CT molecular complexity index is 1430. The Balaban J connectivity index is 1.34. The highest BCUT2D eigenvalue weighted by Crippen LogP contribution is 2.36. The zero-order valence-corrected chi connectivity index (χ0v) is 19.9. The standard InChI is InChI=1S/C27H24FN5OS/c28-20-12-10-17(11-13-20)15-32-16-19(21-8-4-5-9-23(21)32)14-22-24(29)33-27(30-25(22)34)35-26(31-33)18-6-2-1-3-7-18/h4-5,8-14,16,18,29H,1-3,6-7,15H2/b22-14+,29-24?. The number of para-hydroxylation sites is 1. The average Bonchev–Trinajstić information content (AvgIpc) is 3.46. The topological polar surface area (TPSA) is 73.8 Å². The summed E-state index contributed by atoms with van der Waals surface area (Å²) < 4.78 is 15.4. The van der Waals surface area contributed by atoms with E-state index in [4.69, 9.17) is 10.5 Å². The highest BCUT2D eigenvalue weighted by atomic mass is 32.2. The zero-order chi connectivity index (χ0) is 23.9. The molecule has 3 aliphatic rings. The van der Waals surface area contributed by atoms with Crippen LogP contribution in [0, 0.1) is 17.1 Å². The third kappa shape index (κ3) is 4.12. The van der Waals surface area contributed by atoms with Gasteiger partial charge in [-0.25, -0.2) is 4.39 Å². The van der Waals surface area contributed by atoms with E-state index in [2.05, 4.69) is 9.56 Å². The van der Waals surface area contributed by atoms with Crippen LogP contribution in [0.2, 0.25) is 0 Å². The molecule has 3 heterocycles. The Labute approximate surface area is 206 Å². The maximum absolute atomic E-state index is 13.3. The van der Waals surface area contributed by atoms with Crippen molar-refractivity contribution in [2.24, 2.45) is 16.0 Å². The molecule has 0 bridgehead atoms. The fourth-order valence-corrected chi connectivity index (χ4v) is 6.04. The number of thioether (sulfide) groups is 1. The van der Waals surface area contributed by atoms with Gasteiger partial charge in [0.05, 0.1) is 5.57 Å². The first-order valence-corrected chi connectivity index (χ1v) is 12.7. The van der Waals surface area contributed by atoms with Crippen molar-refractivity contribution in [1.82, 2.24) is 9.58 Å². The largest absolute Gasteiger partial charge is 0.342 e. The van der Waals surface area contributed by atoms with Gasteiger partial charge in [-0.3, -0.25) is 10.2 Å². The van der Waals surface area contributed by atoms with E-state index in [1.807, 2.05) is 30.5 Å². The minimum absolute atomic E-state index is 0.0636. The number of nitrogens with zero attached hydrogens (tertiary/aromatic N) is 4. The number of halogens is 1. The summed E-state index contributed by atoms with van der Waals surface area (Å²) in [5, 5.41) is 17.4. The van der Waals surface area contributed by atoms with E-state index in [9.17, 15) is 9.18 Å². The number of amides is 1. The minimum Gasteiger partial charge on any atom is -0.342 e. The van der Waals surface area contributed by atoms with E-state index in [1.165, 1.54) is 48.2 Å². The van der Waals surface area contributed by atoms with Gasteiger partial charge in [0.2, 0.25) is 5.17 Å². The van der Waals surface area contributed by atoms with Crippen molar-refractivity contribution >= 4 is 50.7 Å². The molecule has 3 aromatic rings. The van der Waals surface area contributed by atoms with Crippen molar-refractivity contribution in [3.05, 3.63) is 77.2 Å². The molecule has 8 heteroatoms. The Hall–Kier alpha value is -3.52. The number of hydrogen-bond acceptors (Lipinski definition) is 4. The Kier molecular flexibility index (Phi) is 5.60. The third-order valence-corrected chi connectivity index (χ3v) is 7.88. The second kappa shape index (κ2) is 8.92. The van der Waals surface area contributed by atoms with Gasteiger partial charge in [-0.15, -0.1) is 0 Å². The van der Waals surface area contributed by atoms with Crippen LogP contribution < -0.4 is 0 Å². The monoisotopic (exact) mass is 485 g/mol. The molecule has 1 aromatic heterocycles. The molecule has 6 rings (SSSR count). The number of hydrogen-bond donors (Lipinski definition) is 1. The van der Waals surface area contributed by atoms with Crippen LogP contribution in [0.5, 0.6) is 0 Å². The molecule has 6 nitrogen and oxygen atoms in total. The lowest BCUT2D eigenvalue weighted by molar-refractivity contribution is -0.114. The van der Waals surface area contributed by atoms with Crippen molar-refractivity contribution < 1.29 is 9.18 Å². The van der Waals surface area contributed by atoms with Crippen molar-refractivity contribution in [3.63, 3.8) is 0 Å². The number of aliphatic imine (C=N–C) groups is 1. The summed E-state index contributed by atoms with van der Waals surface area (Å²) in [5.74, 6) is -0.222. The zero-order valence-electron chi connectivity index (χ0n) is 19.1. The molecule has 0 atom stereocenters. The van der Waals surface area contributed by atoms with Gasteiger partial charge < -0.3 is 4.57 Å². The molecule has 1 saturated carbocycles. The van der Waals surface area contributed by atoms with Gasteiger partial charge >= 0.3 is 0 Å². The van der Waals surface area contributed by atoms with Gasteiger partial charge in [0.1, 0.15) is 10.9 Å². The third-order valence-electron chi connectivity index (χ3n) is 6.81. The second-order valence-electron chi connectivity index (χ2n) is 9.15. The van der Waals surface area contributed by atoms with Crippen LogP contribution in [0.3, 0.4) is 0 Å². The molecule has 1 aliphatic carbocycles. The summed E-state index contributed by atoms with van der Waals surface area (Å²) in [7, 11) is 0. The molecule has 0 spiro atoms. The van der Waals surface area contributed by atoms with Crippen LogP contribution in [-0.2, 0) is 11.3 Å². The molecular formula is C27H24FN5OS. The average molecular weight is 486 g/mol. The maximum atomic E-state index is 13.3. The fourth-order valence-electron chi connectivity index (χ4n) is 4.98. The van der Waals surface area contributed by atoms with E-state index < -0.39 is 5.91 Å². The number of carbonyl (C=O) groups excluding carboxylic acids is 1. The summed E-state index contributed by atoms with van der Waals surface area (Å²) in [6.45, 7) is 0.565. The molecule has 2 aliphatic heterocycles. The van der Waals surface area contributed by atoms with Gasteiger partial charge in [0, 0.05) is 35.1 Å². The Morgan fingerprint density at radius 3 is 2.66 bits per heavy atom. The van der Waals surface area contributed by atoms with Gasteiger partial charge in [0.25, 0.3) is 5.91 Å². The fraction of sp³-hybridized carbons (Fsp3) is 0.259. The molecule has 0 unspecified atom stereocenters. The molecule has 1 fully saturated rings. The Morgan fingerprint density at radius 1 is 1.09 bits per heavy atom. The predicted octanol–water partition coefficient (Wildman–Crippen LogP) is 6.03. The number of nitrogens with one attached hydrogen (secondary N) is 1. The van der Waals surface area contributed by atoms with Crippen LogP contribution in [0.4, 0.5) is 4.39 Å². The van der Waals surface area contributed by atoms with E-state index in [-0.39, 0.29) is 17.2 Å². The summed E-state index contributed by atoms with van der Waals surface area (Å²) in [5.41, 5.74) is 3.03. The minimum atomic E-state index is -0.413. The molecule has 0 saturated heterocycles. The lowest BCUT2D eigenvalue weighted by Crippen LogP contribution is -2.35. The summed E-state index contributed by atoms with van der Waals surface area (Å²) in [6.07, 6.45) is 9.56. The number of carbonyl (C=O) groups is 1. The van der Waals surface area contributed by atoms with Crippen molar-refractivity contribution in [2.45, 2.75) is 38.6 Å². The van der Waals surface area contributed by atoms with Crippen LogP contribution >= 0.6 is 11.8 Å². The highest BCUT2D eigenvalue weighted by molar-refractivity contribution is 8.27. The van der Waals surface area contributed by atoms with Crippen LogP contribution in [0.15, 0.2) is 70.4 Å². The molecule has 0 radical (unpaired) electrons. The normalized spacial score (nSPS) is 19.9. The van der Waals surface area contributed by atoms with Crippen LogP contribution in [0.1, 0.15) is 43.2 Å². The van der Waals surface area contributed by atoms with Gasteiger partial charge in [0.15, 0.2) is 5.84 Å².